The fraction of sp³-hybridized carbons (Fsp3) is 0.467. The number of aromatic nitrogens is 4. The summed E-state index contributed by atoms with van der Waals surface area (Å²) in [5, 5.41) is 14.0. The molecule has 1 N–H and O–H groups in total. The molecule has 1 aliphatic rings. The van der Waals surface area contributed by atoms with Crippen molar-refractivity contribution < 1.29 is 4.79 Å². The third kappa shape index (κ3) is 3.30. The van der Waals surface area contributed by atoms with Gasteiger partial charge >= 0.3 is 0 Å². The molecule has 2 heterocycles. The summed E-state index contributed by atoms with van der Waals surface area (Å²) in [6.45, 7) is 5.08. The van der Waals surface area contributed by atoms with Gasteiger partial charge in [0.25, 0.3) is 5.91 Å². The predicted octanol–water partition coefficient (Wildman–Crippen LogP) is 0.876. The minimum absolute atomic E-state index is 0.0685. The highest BCUT2D eigenvalue weighted by Gasteiger charge is 2.18. The van der Waals surface area contributed by atoms with Gasteiger partial charge in [0.15, 0.2) is 0 Å². The third-order valence-electron chi connectivity index (χ3n) is 4.04. The number of nitrogens with one attached hydrogen (secondary N) is 1. The Morgan fingerprint density at radius 1 is 1.36 bits per heavy atom. The Bertz CT molecular complexity index is 621. The highest BCUT2D eigenvalue weighted by atomic mass is 16.1. The van der Waals surface area contributed by atoms with Crippen molar-refractivity contribution in [3.05, 3.63) is 36.2 Å². The average molecular weight is 300 g/mol. The van der Waals surface area contributed by atoms with Gasteiger partial charge in [-0.3, -0.25) is 9.69 Å². The van der Waals surface area contributed by atoms with E-state index in [4.69, 9.17) is 0 Å². The van der Waals surface area contributed by atoms with Gasteiger partial charge in [-0.15, -0.1) is 5.10 Å². The van der Waals surface area contributed by atoms with Crippen LogP contribution in [0.25, 0.3) is 5.69 Å². The zero-order valence-corrected chi connectivity index (χ0v) is 12.6. The highest BCUT2D eigenvalue weighted by molar-refractivity contribution is 5.94. The maximum Gasteiger partial charge on any atom is 0.251 e. The molecule has 1 aromatic carbocycles. The zero-order chi connectivity index (χ0) is 15.4. The Kier molecular flexibility index (Phi) is 4.43. The molecule has 2 aromatic rings. The van der Waals surface area contributed by atoms with E-state index in [2.05, 4.69) is 32.7 Å². The van der Waals surface area contributed by atoms with E-state index in [-0.39, 0.29) is 5.91 Å². The fourth-order valence-corrected chi connectivity index (χ4v) is 2.72. The smallest absolute Gasteiger partial charge is 0.251 e. The number of amides is 1. The molecule has 1 aliphatic heterocycles. The highest BCUT2D eigenvalue weighted by Crippen LogP contribution is 2.12. The van der Waals surface area contributed by atoms with E-state index in [0.717, 1.165) is 18.8 Å². The van der Waals surface area contributed by atoms with Gasteiger partial charge in [0.1, 0.15) is 6.33 Å². The molecule has 7 nitrogen and oxygen atoms in total. The number of nitrogens with zero attached hydrogens (tertiary/aromatic N) is 5. The summed E-state index contributed by atoms with van der Waals surface area (Å²) in [6, 6.07) is 7.64. The molecule has 0 bridgehead atoms. The summed E-state index contributed by atoms with van der Waals surface area (Å²) in [5.41, 5.74) is 1.38. The van der Waals surface area contributed by atoms with Crippen molar-refractivity contribution in [2.75, 3.05) is 19.6 Å². The van der Waals surface area contributed by atoms with Crippen LogP contribution in [-0.2, 0) is 0 Å². The van der Waals surface area contributed by atoms with Crippen LogP contribution in [0.2, 0.25) is 0 Å². The molecular weight excluding hydrogens is 280 g/mol. The molecule has 0 radical (unpaired) electrons. The van der Waals surface area contributed by atoms with E-state index < -0.39 is 0 Å². The first kappa shape index (κ1) is 14.6. The van der Waals surface area contributed by atoms with Crippen LogP contribution in [0.3, 0.4) is 0 Å². The summed E-state index contributed by atoms with van der Waals surface area (Å²) in [4.78, 5) is 14.7. The SMILES string of the molecule is C[C@@H](CNC(=O)c1cccc(-n2cnnn2)c1)N1CCCC1. The van der Waals surface area contributed by atoms with Crippen LogP contribution >= 0.6 is 0 Å². The summed E-state index contributed by atoms with van der Waals surface area (Å²) < 4.78 is 1.53. The maximum absolute atomic E-state index is 12.3. The van der Waals surface area contributed by atoms with Crippen LogP contribution in [0, 0.1) is 0 Å². The lowest BCUT2D eigenvalue weighted by molar-refractivity contribution is 0.0940. The number of carbonyl (C=O) groups is 1. The maximum atomic E-state index is 12.3. The lowest BCUT2D eigenvalue weighted by Gasteiger charge is -2.23. The van der Waals surface area contributed by atoms with Crippen molar-refractivity contribution in [3.63, 3.8) is 0 Å². The quantitative estimate of drug-likeness (QED) is 0.887. The lowest BCUT2D eigenvalue weighted by atomic mass is 10.2. The topological polar surface area (TPSA) is 75.9 Å². The molecule has 1 saturated heterocycles. The van der Waals surface area contributed by atoms with Crippen molar-refractivity contribution >= 4 is 5.91 Å². The number of benzene rings is 1. The van der Waals surface area contributed by atoms with Crippen LogP contribution in [0.15, 0.2) is 30.6 Å². The van der Waals surface area contributed by atoms with E-state index in [9.17, 15) is 4.79 Å². The number of carbonyl (C=O) groups excluding carboxylic acids is 1. The van der Waals surface area contributed by atoms with Crippen LogP contribution in [0.4, 0.5) is 0 Å². The lowest BCUT2D eigenvalue weighted by Crippen LogP contribution is -2.40. The molecule has 7 heteroatoms. The summed E-state index contributed by atoms with van der Waals surface area (Å²) in [6.07, 6.45) is 4.02. The second-order valence-electron chi connectivity index (χ2n) is 5.61. The third-order valence-corrected chi connectivity index (χ3v) is 4.04. The molecule has 0 spiro atoms. The van der Waals surface area contributed by atoms with Crippen molar-refractivity contribution in [3.8, 4) is 5.69 Å². The minimum Gasteiger partial charge on any atom is -0.350 e. The Morgan fingerprint density at radius 3 is 2.91 bits per heavy atom. The molecule has 1 aromatic heterocycles. The van der Waals surface area contributed by atoms with Gasteiger partial charge in [0.2, 0.25) is 0 Å². The summed E-state index contributed by atoms with van der Waals surface area (Å²) in [5.74, 6) is -0.0685. The fourth-order valence-electron chi connectivity index (χ4n) is 2.72. The standard InChI is InChI=1S/C15H20N6O/c1-12(20-7-2-3-8-20)10-16-15(22)13-5-4-6-14(9-13)21-11-17-18-19-21/h4-6,9,11-12H,2-3,7-8,10H2,1H3,(H,16,22)/t12-/m0/s1. The number of hydrogen-bond donors (Lipinski definition) is 1. The molecule has 0 saturated carbocycles. The molecule has 116 valence electrons. The molecular formula is C15H20N6O. The number of rotatable bonds is 5. The molecule has 0 aliphatic carbocycles. The van der Waals surface area contributed by atoms with Crippen molar-refractivity contribution in [1.82, 2.24) is 30.4 Å². The van der Waals surface area contributed by atoms with Gasteiger partial charge in [-0.25, -0.2) is 4.68 Å². The Balaban J connectivity index is 1.61. The van der Waals surface area contributed by atoms with Crippen LogP contribution in [0.5, 0.6) is 0 Å². The Hall–Kier alpha value is -2.28. The number of hydrogen-bond acceptors (Lipinski definition) is 5. The largest absolute Gasteiger partial charge is 0.350 e. The van der Waals surface area contributed by atoms with Gasteiger partial charge < -0.3 is 5.32 Å². The van der Waals surface area contributed by atoms with E-state index >= 15 is 0 Å². The molecule has 3 rings (SSSR count). The number of tetrazole rings is 1. The van der Waals surface area contributed by atoms with Crippen LogP contribution in [-0.4, -0.2) is 56.7 Å². The first-order valence-corrected chi connectivity index (χ1v) is 7.60. The second-order valence-corrected chi connectivity index (χ2v) is 5.61. The zero-order valence-electron chi connectivity index (χ0n) is 12.6. The van der Waals surface area contributed by atoms with E-state index in [1.165, 1.54) is 23.9 Å². The first-order valence-electron chi connectivity index (χ1n) is 7.60. The average Bonchev–Trinajstić information content (AvgIpc) is 3.25. The van der Waals surface area contributed by atoms with Gasteiger partial charge in [0, 0.05) is 18.2 Å². The van der Waals surface area contributed by atoms with Crippen LogP contribution in [0.1, 0.15) is 30.1 Å². The van der Waals surface area contributed by atoms with Crippen molar-refractivity contribution in [1.29, 1.82) is 0 Å². The van der Waals surface area contributed by atoms with E-state index in [1.807, 2.05) is 12.1 Å². The first-order chi connectivity index (χ1) is 10.7. The van der Waals surface area contributed by atoms with Gasteiger partial charge in [-0.05, 0) is 61.5 Å². The van der Waals surface area contributed by atoms with Gasteiger partial charge in [0.05, 0.1) is 5.69 Å². The van der Waals surface area contributed by atoms with E-state index in [1.54, 1.807) is 12.1 Å². The monoisotopic (exact) mass is 300 g/mol. The van der Waals surface area contributed by atoms with Crippen molar-refractivity contribution in [2.45, 2.75) is 25.8 Å². The Morgan fingerprint density at radius 2 is 2.18 bits per heavy atom. The van der Waals surface area contributed by atoms with E-state index in [0.29, 0.717) is 18.2 Å². The van der Waals surface area contributed by atoms with Crippen LogP contribution < -0.4 is 5.32 Å². The molecule has 0 unspecified atom stereocenters. The Labute approximate surface area is 129 Å². The minimum atomic E-state index is -0.0685. The normalized spacial score (nSPS) is 16.6. The van der Waals surface area contributed by atoms with Gasteiger partial charge in [-0.1, -0.05) is 6.07 Å². The molecule has 1 amide bonds. The van der Waals surface area contributed by atoms with Crippen molar-refractivity contribution in [2.24, 2.45) is 0 Å². The molecule has 22 heavy (non-hydrogen) atoms. The number of likely N-dealkylation sites (tertiary alicyclic amines) is 1. The molecule has 1 fully saturated rings. The van der Waals surface area contributed by atoms with Gasteiger partial charge in [-0.2, -0.15) is 0 Å². The predicted molar refractivity (Wildman–Crippen MR) is 81.8 cm³/mol. The molecule has 1 atom stereocenters. The second kappa shape index (κ2) is 6.65. The summed E-state index contributed by atoms with van der Waals surface area (Å²) in [7, 11) is 0. The summed E-state index contributed by atoms with van der Waals surface area (Å²) >= 11 is 0.